The van der Waals surface area contributed by atoms with Crippen molar-refractivity contribution in [3.05, 3.63) is 96.1 Å². The number of ether oxygens (including phenoxy) is 2. The van der Waals surface area contributed by atoms with Gasteiger partial charge in [-0.15, -0.1) is 0 Å². The second-order valence-corrected chi connectivity index (χ2v) is 6.60. The highest BCUT2D eigenvalue weighted by molar-refractivity contribution is 5.81. The summed E-state index contributed by atoms with van der Waals surface area (Å²) in [5.41, 5.74) is 2.17. The lowest BCUT2D eigenvalue weighted by atomic mass is 10.1. The second kappa shape index (κ2) is 9.60. The minimum Gasteiger partial charge on any atom is -0.497 e. The largest absolute Gasteiger partial charge is 0.497 e. The first kappa shape index (κ1) is 19.5. The standard InChI is InChI=1S/C24H25NO3/c1-19(28-23-15-13-22(27-2)14-16-23)24(26)25(17-20-9-5-3-6-10-20)18-21-11-7-4-8-12-21/h3-16,19H,17-18H2,1-2H3/t19-/m0/s1. The van der Waals surface area contributed by atoms with Crippen LogP contribution in [0.3, 0.4) is 0 Å². The zero-order valence-corrected chi connectivity index (χ0v) is 16.2. The molecular formula is C24H25NO3. The number of methoxy groups -OCH3 is 1. The molecule has 3 aromatic rings. The number of carbonyl (C=O) groups excluding carboxylic acids is 1. The van der Waals surface area contributed by atoms with E-state index >= 15 is 0 Å². The van der Waals surface area contributed by atoms with E-state index in [-0.39, 0.29) is 5.91 Å². The van der Waals surface area contributed by atoms with Crippen molar-refractivity contribution in [3.8, 4) is 11.5 Å². The molecule has 3 aromatic carbocycles. The minimum absolute atomic E-state index is 0.0523. The molecule has 0 aliphatic carbocycles. The molecule has 0 saturated carbocycles. The summed E-state index contributed by atoms with van der Waals surface area (Å²) < 4.78 is 11.0. The van der Waals surface area contributed by atoms with Gasteiger partial charge in [0.1, 0.15) is 11.5 Å². The van der Waals surface area contributed by atoms with Crippen molar-refractivity contribution in [1.29, 1.82) is 0 Å². The monoisotopic (exact) mass is 375 g/mol. The van der Waals surface area contributed by atoms with Gasteiger partial charge < -0.3 is 14.4 Å². The molecule has 0 radical (unpaired) electrons. The van der Waals surface area contributed by atoms with Crippen molar-refractivity contribution in [2.75, 3.05) is 7.11 Å². The van der Waals surface area contributed by atoms with Crippen molar-refractivity contribution >= 4 is 5.91 Å². The summed E-state index contributed by atoms with van der Waals surface area (Å²) in [4.78, 5) is 15.0. The molecule has 3 rings (SSSR count). The second-order valence-electron chi connectivity index (χ2n) is 6.60. The maximum atomic E-state index is 13.2. The third-order valence-corrected chi connectivity index (χ3v) is 4.46. The van der Waals surface area contributed by atoms with Crippen molar-refractivity contribution < 1.29 is 14.3 Å². The fraction of sp³-hybridized carbons (Fsp3) is 0.208. The van der Waals surface area contributed by atoms with Gasteiger partial charge in [-0.25, -0.2) is 0 Å². The van der Waals surface area contributed by atoms with Crippen LogP contribution in [0.15, 0.2) is 84.9 Å². The first-order chi connectivity index (χ1) is 13.7. The topological polar surface area (TPSA) is 38.8 Å². The van der Waals surface area contributed by atoms with Gasteiger partial charge >= 0.3 is 0 Å². The molecule has 1 atom stereocenters. The number of nitrogens with zero attached hydrogens (tertiary/aromatic N) is 1. The number of rotatable bonds is 8. The summed E-state index contributed by atoms with van der Waals surface area (Å²) in [6.07, 6.45) is -0.596. The molecule has 0 heterocycles. The quantitative estimate of drug-likeness (QED) is 0.573. The van der Waals surface area contributed by atoms with Gasteiger partial charge in [0.25, 0.3) is 5.91 Å². The summed E-state index contributed by atoms with van der Waals surface area (Å²) in [6.45, 7) is 2.85. The van der Waals surface area contributed by atoms with Crippen molar-refractivity contribution in [2.24, 2.45) is 0 Å². The highest BCUT2D eigenvalue weighted by Gasteiger charge is 2.22. The molecule has 0 bridgehead atoms. The fourth-order valence-corrected chi connectivity index (χ4v) is 2.99. The Labute approximate surface area is 166 Å². The first-order valence-electron chi connectivity index (χ1n) is 9.33. The van der Waals surface area contributed by atoms with E-state index in [1.54, 1.807) is 26.2 Å². The molecule has 1 amide bonds. The molecule has 4 nitrogen and oxygen atoms in total. The molecule has 0 aliphatic rings. The summed E-state index contributed by atoms with van der Waals surface area (Å²) in [7, 11) is 1.62. The van der Waals surface area contributed by atoms with Gasteiger partial charge in [-0.1, -0.05) is 60.7 Å². The molecule has 0 unspecified atom stereocenters. The van der Waals surface area contributed by atoms with Crippen LogP contribution in [0.2, 0.25) is 0 Å². The molecule has 0 saturated heterocycles. The van der Waals surface area contributed by atoms with Gasteiger partial charge in [0.05, 0.1) is 7.11 Å². The number of hydrogen-bond acceptors (Lipinski definition) is 3. The lowest BCUT2D eigenvalue weighted by Gasteiger charge is -2.26. The van der Waals surface area contributed by atoms with Crippen LogP contribution in [-0.4, -0.2) is 24.0 Å². The molecule has 4 heteroatoms. The number of hydrogen-bond donors (Lipinski definition) is 0. The van der Waals surface area contributed by atoms with E-state index in [1.165, 1.54) is 0 Å². The van der Waals surface area contributed by atoms with Crippen LogP contribution in [0.1, 0.15) is 18.1 Å². The van der Waals surface area contributed by atoms with E-state index in [1.807, 2.05) is 77.7 Å². The Morgan fingerprint density at radius 3 is 1.71 bits per heavy atom. The Hall–Kier alpha value is -3.27. The normalized spacial score (nSPS) is 11.5. The first-order valence-corrected chi connectivity index (χ1v) is 9.33. The average Bonchev–Trinajstić information content (AvgIpc) is 2.75. The Morgan fingerprint density at radius 1 is 0.786 bits per heavy atom. The van der Waals surface area contributed by atoms with E-state index in [0.29, 0.717) is 18.8 Å². The SMILES string of the molecule is COc1ccc(O[C@@H](C)C(=O)N(Cc2ccccc2)Cc2ccccc2)cc1. The van der Waals surface area contributed by atoms with Gasteiger partial charge in [-0.3, -0.25) is 4.79 Å². The number of amides is 1. The predicted molar refractivity (Wildman–Crippen MR) is 110 cm³/mol. The van der Waals surface area contributed by atoms with E-state index < -0.39 is 6.10 Å². The zero-order chi connectivity index (χ0) is 19.8. The number of benzene rings is 3. The van der Waals surface area contributed by atoms with Gasteiger partial charge in [0.2, 0.25) is 0 Å². The lowest BCUT2D eigenvalue weighted by molar-refractivity contribution is -0.139. The molecule has 144 valence electrons. The number of carbonyl (C=O) groups is 1. The van der Waals surface area contributed by atoms with Crippen LogP contribution in [0.25, 0.3) is 0 Å². The minimum atomic E-state index is -0.596. The molecule has 0 aromatic heterocycles. The Kier molecular flexibility index (Phi) is 6.68. The maximum absolute atomic E-state index is 13.2. The zero-order valence-electron chi connectivity index (χ0n) is 16.2. The molecule has 28 heavy (non-hydrogen) atoms. The van der Waals surface area contributed by atoms with Gasteiger partial charge in [0.15, 0.2) is 6.10 Å². The van der Waals surface area contributed by atoms with Crippen LogP contribution in [0, 0.1) is 0 Å². The van der Waals surface area contributed by atoms with Gasteiger partial charge in [-0.2, -0.15) is 0 Å². The summed E-state index contributed by atoms with van der Waals surface area (Å²) in [6, 6.07) is 27.2. The predicted octanol–water partition coefficient (Wildman–Crippen LogP) is 4.69. The van der Waals surface area contributed by atoms with Crippen molar-refractivity contribution in [2.45, 2.75) is 26.1 Å². The third kappa shape index (κ3) is 5.36. The van der Waals surface area contributed by atoms with Crippen LogP contribution in [0.4, 0.5) is 0 Å². The van der Waals surface area contributed by atoms with Crippen molar-refractivity contribution in [1.82, 2.24) is 4.90 Å². The lowest BCUT2D eigenvalue weighted by Crippen LogP contribution is -2.39. The highest BCUT2D eigenvalue weighted by Crippen LogP contribution is 2.19. The summed E-state index contributed by atoms with van der Waals surface area (Å²) >= 11 is 0. The van der Waals surface area contributed by atoms with E-state index in [9.17, 15) is 4.79 Å². The maximum Gasteiger partial charge on any atom is 0.263 e. The molecule has 0 spiro atoms. The fourth-order valence-electron chi connectivity index (χ4n) is 2.99. The molecular weight excluding hydrogens is 350 g/mol. The third-order valence-electron chi connectivity index (χ3n) is 4.46. The van der Waals surface area contributed by atoms with Crippen LogP contribution in [0.5, 0.6) is 11.5 Å². The van der Waals surface area contributed by atoms with Crippen LogP contribution < -0.4 is 9.47 Å². The van der Waals surface area contributed by atoms with E-state index in [0.717, 1.165) is 16.9 Å². The summed E-state index contributed by atoms with van der Waals surface area (Å²) in [5, 5.41) is 0. The van der Waals surface area contributed by atoms with Crippen LogP contribution in [-0.2, 0) is 17.9 Å². The molecule has 0 N–H and O–H groups in total. The Bertz CT molecular complexity index is 822. The summed E-state index contributed by atoms with van der Waals surface area (Å²) in [5.74, 6) is 1.34. The average molecular weight is 375 g/mol. The Morgan fingerprint density at radius 2 is 1.25 bits per heavy atom. The van der Waals surface area contributed by atoms with Gasteiger partial charge in [-0.05, 0) is 42.3 Å². The van der Waals surface area contributed by atoms with Crippen molar-refractivity contribution in [3.63, 3.8) is 0 Å². The molecule has 0 aliphatic heterocycles. The highest BCUT2D eigenvalue weighted by atomic mass is 16.5. The smallest absolute Gasteiger partial charge is 0.263 e. The van der Waals surface area contributed by atoms with E-state index in [4.69, 9.17) is 9.47 Å². The van der Waals surface area contributed by atoms with Gasteiger partial charge in [0, 0.05) is 13.1 Å². The van der Waals surface area contributed by atoms with E-state index in [2.05, 4.69) is 0 Å². The van der Waals surface area contributed by atoms with Crippen LogP contribution >= 0.6 is 0 Å². The molecule has 0 fully saturated rings. The Balaban J connectivity index is 1.73.